The molecule has 0 unspecified atom stereocenters. The van der Waals surface area contributed by atoms with E-state index >= 15 is 0 Å². The fraction of sp³-hybridized carbons (Fsp3) is 0.444. The van der Waals surface area contributed by atoms with E-state index in [4.69, 9.17) is 4.42 Å². The molecule has 1 aromatic rings. The number of hydrogen-bond donors (Lipinski definition) is 5. The van der Waals surface area contributed by atoms with Crippen LogP contribution in [0.1, 0.15) is 18.6 Å². The summed E-state index contributed by atoms with van der Waals surface area (Å²) in [6.45, 7) is -0.984. The lowest BCUT2D eigenvalue weighted by Crippen LogP contribution is -2.52. The Bertz CT molecular complexity index is 793. The fourth-order valence-corrected chi connectivity index (χ4v) is 2.57. The molecule has 0 spiro atoms. The quantitative estimate of drug-likeness (QED) is 0.326. The number of carbonyl (C=O) groups excluding carboxylic acids is 6. The number of carbonyl (C=O) groups is 6. The van der Waals surface area contributed by atoms with Crippen molar-refractivity contribution in [3.05, 3.63) is 24.2 Å². The fourth-order valence-electron chi connectivity index (χ4n) is 2.57. The van der Waals surface area contributed by atoms with E-state index in [0.29, 0.717) is 12.0 Å². The highest BCUT2D eigenvalue weighted by Crippen LogP contribution is 2.04. The largest absolute Gasteiger partial charge is 0.469 e. The van der Waals surface area contributed by atoms with Crippen LogP contribution in [0.2, 0.25) is 0 Å². The second kappa shape index (κ2) is 11.3. The maximum Gasteiger partial charge on any atom is 0.243 e. The molecule has 1 aliphatic rings. The van der Waals surface area contributed by atoms with Crippen LogP contribution in [0.3, 0.4) is 0 Å². The van der Waals surface area contributed by atoms with Gasteiger partial charge in [0.25, 0.3) is 0 Å². The number of nitrogens with one attached hydrogen (secondary N) is 5. The molecule has 12 nitrogen and oxygen atoms in total. The predicted octanol–water partition coefficient (Wildman–Crippen LogP) is -2.87. The monoisotopic (exact) mass is 421 g/mol. The first kappa shape index (κ1) is 22.6. The highest BCUT2D eigenvalue weighted by molar-refractivity contribution is 5.92. The highest BCUT2D eigenvalue weighted by Gasteiger charge is 2.23. The standard InChI is InChI=1S/C18H23N5O7/c24-10-11-7-19-16(27)8-21-18(29)13(6-12-2-1-5-30-12)23-17(28)9-20-14(25)3-4-15(26)22-11/h1-2,5,10-11,13H,3-4,6-9H2,(H,19,27)(H,20,25)(H,21,29)(H,22,26)(H,23,28)/t11-,13-/m0/s1. The van der Waals surface area contributed by atoms with Gasteiger partial charge < -0.3 is 35.8 Å². The van der Waals surface area contributed by atoms with Gasteiger partial charge in [-0.05, 0) is 12.1 Å². The van der Waals surface area contributed by atoms with Gasteiger partial charge in [-0.15, -0.1) is 0 Å². The summed E-state index contributed by atoms with van der Waals surface area (Å²) >= 11 is 0. The predicted molar refractivity (Wildman–Crippen MR) is 101 cm³/mol. The first-order valence-corrected chi connectivity index (χ1v) is 9.25. The Balaban J connectivity index is 2.08. The molecule has 0 aromatic carbocycles. The Hall–Kier alpha value is -3.70. The number of furan rings is 1. The average Bonchev–Trinajstić information content (AvgIpc) is 3.23. The molecule has 12 heteroatoms. The van der Waals surface area contributed by atoms with E-state index in [-0.39, 0.29) is 25.8 Å². The van der Waals surface area contributed by atoms with E-state index in [1.807, 2.05) is 0 Å². The van der Waals surface area contributed by atoms with Crippen LogP contribution in [0.15, 0.2) is 22.8 Å². The molecule has 2 atom stereocenters. The Morgan fingerprint density at radius 1 is 0.900 bits per heavy atom. The van der Waals surface area contributed by atoms with Gasteiger partial charge in [-0.1, -0.05) is 0 Å². The number of rotatable bonds is 3. The van der Waals surface area contributed by atoms with Crippen molar-refractivity contribution < 1.29 is 33.2 Å². The van der Waals surface area contributed by atoms with Crippen LogP contribution in [0.4, 0.5) is 0 Å². The minimum absolute atomic E-state index is 0.0335. The zero-order valence-corrected chi connectivity index (χ0v) is 16.1. The molecule has 2 rings (SSSR count). The van der Waals surface area contributed by atoms with Gasteiger partial charge in [-0.3, -0.25) is 24.0 Å². The van der Waals surface area contributed by atoms with E-state index in [1.54, 1.807) is 12.1 Å². The second-order valence-corrected chi connectivity index (χ2v) is 6.51. The molecule has 30 heavy (non-hydrogen) atoms. The third-order valence-corrected chi connectivity index (χ3v) is 4.12. The van der Waals surface area contributed by atoms with Crippen molar-refractivity contribution in [1.29, 1.82) is 0 Å². The molecule has 162 valence electrons. The minimum atomic E-state index is -1.05. The molecular weight excluding hydrogens is 398 g/mol. The zero-order valence-electron chi connectivity index (χ0n) is 16.1. The molecule has 5 amide bonds. The van der Waals surface area contributed by atoms with Crippen LogP contribution in [0.25, 0.3) is 0 Å². The van der Waals surface area contributed by atoms with Crippen LogP contribution in [-0.2, 0) is 35.2 Å². The summed E-state index contributed by atoms with van der Waals surface area (Å²) in [5.74, 6) is -2.52. The van der Waals surface area contributed by atoms with Gasteiger partial charge in [0, 0.05) is 25.8 Å². The van der Waals surface area contributed by atoms with Crippen molar-refractivity contribution in [2.24, 2.45) is 0 Å². The van der Waals surface area contributed by atoms with Crippen molar-refractivity contribution in [2.75, 3.05) is 19.6 Å². The van der Waals surface area contributed by atoms with E-state index in [1.165, 1.54) is 6.26 Å². The van der Waals surface area contributed by atoms with Crippen molar-refractivity contribution in [2.45, 2.75) is 31.3 Å². The summed E-state index contributed by atoms with van der Waals surface area (Å²) in [5.41, 5.74) is 0. The van der Waals surface area contributed by atoms with Gasteiger partial charge in [0.1, 0.15) is 24.1 Å². The summed E-state index contributed by atoms with van der Waals surface area (Å²) in [6, 6.07) is 1.22. The molecule has 2 heterocycles. The summed E-state index contributed by atoms with van der Waals surface area (Å²) < 4.78 is 5.19. The van der Waals surface area contributed by atoms with Crippen LogP contribution >= 0.6 is 0 Å². The summed E-state index contributed by atoms with van der Waals surface area (Å²) in [7, 11) is 0. The molecule has 1 aromatic heterocycles. The van der Waals surface area contributed by atoms with Gasteiger partial charge >= 0.3 is 0 Å². The van der Waals surface area contributed by atoms with Crippen LogP contribution in [0, 0.1) is 0 Å². The number of amides is 5. The second-order valence-electron chi connectivity index (χ2n) is 6.51. The molecule has 0 saturated carbocycles. The molecule has 1 aliphatic heterocycles. The van der Waals surface area contributed by atoms with Crippen molar-refractivity contribution in [3.8, 4) is 0 Å². The molecule has 0 bridgehead atoms. The van der Waals surface area contributed by atoms with Gasteiger partial charge in [-0.2, -0.15) is 0 Å². The Morgan fingerprint density at radius 3 is 2.33 bits per heavy atom. The smallest absolute Gasteiger partial charge is 0.243 e. The Kier molecular flexibility index (Phi) is 8.54. The first-order valence-electron chi connectivity index (χ1n) is 9.25. The van der Waals surface area contributed by atoms with Crippen molar-refractivity contribution in [3.63, 3.8) is 0 Å². The number of aldehydes is 1. The molecule has 0 radical (unpaired) electrons. The maximum absolute atomic E-state index is 12.5. The lowest BCUT2D eigenvalue weighted by Gasteiger charge is -2.18. The van der Waals surface area contributed by atoms with Crippen molar-refractivity contribution in [1.82, 2.24) is 26.6 Å². The molecule has 5 N–H and O–H groups in total. The van der Waals surface area contributed by atoms with E-state index < -0.39 is 54.7 Å². The SMILES string of the molecule is O=C[C@@H]1CNC(=O)CNC(=O)[C@H](Cc2ccco2)NC(=O)CNC(=O)CCC(=O)N1. The summed E-state index contributed by atoms with van der Waals surface area (Å²) in [4.78, 5) is 71.3. The van der Waals surface area contributed by atoms with Gasteiger partial charge in [-0.25, -0.2) is 0 Å². The highest BCUT2D eigenvalue weighted by atomic mass is 16.3. The molecule has 1 fully saturated rings. The molecular formula is C18H23N5O7. The summed E-state index contributed by atoms with van der Waals surface area (Å²) in [6.07, 6.45) is 1.50. The minimum Gasteiger partial charge on any atom is -0.469 e. The van der Waals surface area contributed by atoms with Crippen LogP contribution in [0.5, 0.6) is 0 Å². The van der Waals surface area contributed by atoms with Gasteiger partial charge in [0.2, 0.25) is 29.5 Å². The van der Waals surface area contributed by atoms with E-state index in [2.05, 4.69) is 26.6 Å². The maximum atomic E-state index is 12.5. The molecule has 0 aliphatic carbocycles. The van der Waals surface area contributed by atoms with E-state index in [9.17, 15) is 28.8 Å². The lowest BCUT2D eigenvalue weighted by molar-refractivity contribution is -0.131. The Labute approximate surface area is 171 Å². The van der Waals surface area contributed by atoms with Crippen LogP contribution in [-0.4, -0.2) is 67.5 Å². The third kappa shape index (κ3) is 7.73. The normalized spacial score (nSPS) is 22.6. The van der Waals surface area contributed by atoms with E-state index in [0.717, 1.165) is 0 Å². The third-order valence-electron chi connectivity index (χ3n) is 4.12. The van der Waals surface area contributed by atoms with Crippen LogP contribution < -0.4 is 26.6 Å². The van der Waals surface area contributed by atoms with Gasteiger partial charge in [0.15, 0.2) is 0 Å². The average molecular weight is 421 g/mol. The van der Waals surface area contributed by atoms with Gasteiger partial charge in [0.05, 0.1) is 19.4 Å². The Morgan fingerprint density at radius 2 is 1.63 bits per heavy atom. The first-order chi connectivity index (χ1) is 14.4. The van der Waals surface area contributed by atoms with Crippen molar-refractivity contribution >= 4 is 35.8 Å². The topological polar surface area (TPSA) is 176 Å². The molecule has 1 saturated heterocycles. The number of hydrogen-bond acceptors (Lipinski definition) is 7. The lowest BCUT2D eigenvalue weighted by atomic mass is 10.1. The zero-order chi connectivity index (χ0) is 21.9. The summed E-state index contributed by atoms with van der Waals surface area (Å²) in [5, 5.41) is 12.0.